The van der Waals surface area contributed by atoms with Gasteiger partial charge in [0.05, 0.1) is 22.2 Å². The van der Waals surface area contributed by atoms with Crippen molar-refractivity contribution in [2.75, 3.05) is 18.0 Å². The molecule has 3 aliphatic rings. The summed E-state index contributed by atoms with van der Waals surface area (Å²) in [7, 11) is 0. The van der Waals surface area contributed by atoms with E-state index >= 15 is 0 Å². The van der Waals surface area contributed by atoms with Crippen molar-refractivity contribution in [1.29, 1.82) is 0 Å². The second kappa shape index (κ2) is 10.4. The first-order valence-electron chi connectivity index (χ1n) is 13.0. The summed E-state index contributed by atoms with van der Waals surface area (Å²) in [6.45, 7) is 0.953. The second-order valence-electron chi connectivity index (χ2n) is 10.2. The van der Waals surface area contributed by atoms with Gasteiger partial charge in [0, 0.05) is 23.9 Å². The van der Waals surface area contributed by atoms with E-state index in [4.69, 9.17) is 0 Å². The molecule has 3 aromatic rings. The van der Waals surface area contributed by atoms with Crippen molar-refractivity contribution in [1.82, 2.24) is 9.47 Å². The average molecular weight is 606 g/mol. The summed E-state index contributed by atoms with van der Waals surface area (Å²) >= 11 is 1.84. The number of thiazole rings is 1. The van der Waals surface area contributed by atoms with Crippen molar-refractivity contribution in [3.8, 4) is 0 Å². The molecule has 0 saturated carbocycles. The maximum Gasteiger partial charge on any atom is 0.416 e. The van der Waals surface area contributed by atoms with Gasteiger partial charge in [0.25, 0.3) is 0 Å². The lowest BCUT2D eigenvalue weighted by Gasteiger charge is -2.31. The Hall–Kier alpha value is -3.45. The van der Waals surface area contributed by atoms with Crippen molar-refractivity contribution < 1.29 is 31.9 Å². The SMILES string of the molecule is O=C(Cn1c2c(sc1=O)[C@@H](c1ccc(F)cc1)[C@@H]1C(=O)N(c3cccc(C(F)(F)F)c3)C(=O)[C@@H]1S2)N1CCCCC1. The zero-order valence-electron chi connectivity index (χ0n) is 21.4. The predicted octanol–water partition coefficient (Wildman–Crippen LogP) is 4.88. The van der Waals surface area contributed by atoms with Crippen molar-refractivity contribution >= 4 is 46.5 Å². The zero-order chi connectivity index (χ0) is 29.1. The highest BCUT2D eigenvalue weighted by Gasteiger charge is 2.57. The minimum absolute atomic E-state index is 0.205. The van der Waals surface area contributed by atoms with Crippen LogP contribution in [0.1, 0.15) is 41.2 Å². The number of nitrogens with zero attached hydrogens (tertiary/aromatic N) is 3. The number of halogens is 4. The van der Waals surface area contributed by atoms with Gasteiger partial charge in [0.1, 0.15) is 17.6 Å². The molecule has 0 bridgehead atoms. The molecule has 0 spiro atoms. The molecule has 3 aliphatic heterocycles. The van der Waals surface area contributed by atoms with Crippen LogP contribution in [0.5, 0.6) is 0 Å². The number of carbonyl (C=O) groups is 3. The van der Waals surface area contributed by atoms with E-state index < -0.39 is 51.3 Å². The number of anilines is 1. The van der Waals surface area contributed by atoms with Gasteiger partial charge in [-0.05, 0) is 55.2 Å². The van der Waals surface area contributed by atoms with Crippen LogP contribution in [0.15, 0.2) is 58.4 Å². The van der Waals surface area contributed by atoms with Gasteiger partial charge >= 0.3 is 11.0 Å². The number of thioether (sulfide) groups is 1. The Labute approximate surface area is 239 Å². The van der Waals surface area contributed by atoms with E-state index in [0.29, 0.717) is 28.6 Å². The molecule has 2 aromatic carbocycles. The molecule has 3 amide bonds. The summed E-state index contributed by atoms with van der Waals surface area (Å²) in [5.74, 6) is -4.06. The Morgan fingerprint density at radius 1 is 0.951 bits per heavy atom. The topological polar surface area (TPSA) is 79.7 Å². The Morgan fingerprint density at radius 2 is 1.66 bits per heavy atom. The highest BCUT2D eigenvalue weighted by Crippen LogP contribution is 2.54. The fourth-order valence-corrected chi connectivity index (χ4v) is 8.51. The summed E-state index contributed by atoms with van der Waals surface area (Å²) in [6, 6.07) is 9.36. The summed E-state index contributed by atoms with van der Waals surface area (Å²) in [4.78, 5) is 56.4. The maximum absolute atomic E-state index is 13.8. The molecule has 7 nitrogen and oxygen atoms in total. The van der Waals surface area contributed by atoms with Gasteiger partial charge < -0.3 is 4.90 Å². The van der Waals surface area contributed by atoms with E-state index in [9.17, 15) is 36.7 Å². The van der Waals surface area contributed by atoms with Crippen LogP contribution in [0.4, 0.5) is 23.2 Å². The van der Waals surface area contributed by atoms with Gasteiger partial charge in [-0.15, -0.1) is 0 Å². The fourth-order valence-electron chi connectivity index (χ4n) is 5.74. The van der Waals surface area contributed by atoms with E-state index in [-0.39, 0.29) is 18.1 Å². The molecule has 13 heteroatoms. The van der Waals surface area contributed by atoms with E-state index in [0.717, 1.165) is 65.5 Å². The summed E-state index contributed by atoms with van der Waals surface area (Å²) < 4.78 is 55.5. The van der Waals surface area contributed by atoms with E-state index in [2.05, 4.69) is 0 Å². The Kier molecular flexibility index (Phi) is 7.05. The van der Waals surface area contributed by atoms with Crippen LogP contribution in [-0.4, -0.2) is 45.5 Å². The smallest absolute Gasteiger partial charge is 0.341 e. The van der Waals surface area contributed by atoms with Crippen LogP contribution in [0.25, 0.3) is 0 Å². The standard InChI is InChI=1S/C28H23F4N3O4S2/c29-17-9-7-15(8-10-17)20-21-22(25(38)35(24(21)37)18-6-4-5-16(13-18)28(30,31)32)40-26-23(20)41-27(39)34(26)14-19(36)33-11-2-1-3-12-33/h4-10,13,20-22H,1-3,11-12,14H2/t20-,21-,22+/m0/s1. The molecule has 2 fully saturated rings. The Morgan fingerprint density at radius 3 is 2.34 bits per heavy atom. The normalized spacial score (nSPS) is 22.6. The Balaban J connectivity index is 1.43. The highest BCUT2D eigenvalue weighted by atomic mass is 32.2. The third-order valence-electron chi connectivity index (χ3n) is 7.71. The molecule has 0 N–H and O–H groups in total. The number of fused-ring (bicyclic) bond motifs is 2. The number of likely N-dealkylation sites (tertiary alicyclic amines) is 1. The third kappa shape index (κ3) is 4.88. The minimum atomic E-state index is -4.68. The molecule has 2 saturated heterocycles. The largest absolute Gasteiger partial charge is 0.416 e. The molecular weight excluding hydrogens is 582 g/mol. The predicted molar refractivity (Wildman–Crippen MR) is 144 cm³/mol. The van der Waals surface area contributed by atoms with Crippen LogP contribution < -0.4 is 9.77 Å². The lowest BCUT2D eigenvalue weighted by atomic mass is 9.83. The number of rotatable bonds is 4. The summed E-state index contributed by atoms with van der Waals surface area (Å²) in [5, 5.41) is -0.696. The monoisotopic (exact) mass is 605 g/mol. The zero-order valence-corrected chi connectivity index (χ0v) is 23.0. The number of hydrogen-bond acceptors (Lipinski definition) is 6. The third-order valence-corrected chi connectivity index (χ3v) is 10.3. The molecule has 6 rings (SSSR count). The molecule has 0 aliphatic carbocycles. The fraction of sp³-hybridized carbons (Fsp3) is 0.357. The molecular formula is C28H23F4N3O4S2. The number of amides is 3. The summed E-state index contributed by atoms with van der Waals surface area (Å²) in [5.41, 5.74) is -0.730. The van der Waals surface area contributed by atoms with Gasteiger partial charge in [-0.1, -0.05) is 41.3 Å². The lowest BCUT2D eigenvalue weighted by Crippen LogP contribution is -2.39. The van der Waals surface area contributed by atoms with E-state index in [1.165, 1.54) is 34.9 Å². The van der Waals surface area contributed by atoms with Gasteiger partial charge in [0.2, 0.25) is 17.7 Å². The van der Waals surface area contributed by atoms with Crippen LogP contribution >= 0.6 is 23.1 Å². The highest BCUT2D eigenvalue weighted by molar-refractivity contribution is 8.00. The van der Waals surface area contributed by atoms with Crippen molar-refractivity contribution in [3.05, 3.63) is 80.0 Å². The maximum atomic E-state index is 13.8. The quantitative estimate of drug-likeness (QED) is 0.313. The lowest BCUT2D eigenvalue weighted by molar-refractivity contribution is -0.137. The number of carbonyl (C=O) groups excluding carboxylic acids is 3. The number of hydrogen-bond donors (Lipinski definition) is 0. The number of benzene rings is 2. The van der Waals surface area contributed by atoms with Gasteiger partial charge in [-0.2, -0.15) is 13.2 Å². The van der Waals surface area contributed by atoms with Crippen LogP contribution in [-0.2, 0) is 27.1 Å². The molecule has 0 unspecified atom stereocenters. The van der Waals surface area contributed by atoms with Crippen LogP contribution in [0, 0.1) is 11.7 Å². The van der Waals surface area contributed by atoms with Crippen LogP contribution in [0.3, 0.4) is 0 Å². The van der Waals surface area contributed by atoms with Gasteiger partial charge in [0.15, 0.2) is 0 Å². The molecule has 41 heavy (non-hydrogen) atoms. The first-order valence-corrected chi connectivity index (χ1v) is 14.7. The first-order chi connectivity index (χ1) is 19.5. The first kappa shape index (κ1) is 27.7. The minimum Gasteiger partial charge on any atom is -0.341 e. The second-order valence-corrected chi connectivity index (χ2v) is 12.3. The van der Waals surface area contributed by atoms with E-state index in [1.807, 2.05) is 0 Å². The van der Waals surface area contributed by atoms with Crippen LogP contribution in [0.2, 0.25) is 0 Å². The number of imide groups is 1. The summed E-state index contributed by atoms with van der Waals surface area (Å²) in [6.07, 6.45) is -1.92. The molecule has 0 radical (unpaired) electrons. The Bertz CT molecular complexity index is 1590. The molecule has 214 valence electrons. The van der Waals surface area contributed by atoms with Gasteiger partial charge in [-0.3, -0.25) is 23.7 Å². The van der Waals surface area contributed by atoms with Crippen molar-refractivity contribution in [2.24, 2.45) is 5.92 Å². The number of piperidine rings is 1. The van der Waals surface area contributed by atoms with E-state index in [1.54, 1.807) is 4.90 Å². The molecule has 3 atom stereocenters. The molecule has 1 aromatic heterocycles. The van der Waals surface area contributed by atoms with Crippen molar-refractivity contribution in [3.63, 3.8) is 0 Å². The van der Waals surface area contributed by atoms with Gasteiger partial charge in [-0.25, -0.2) is 9.29 Å². The number of alkyl halides is 3. The number of aromatic nitrogens is 1. The molecule has 4 heterocycles. The average Bonchev–Trinajstić information content (AvgIpc) is 3.39. The van der Waals surface area contributed by atoms with Crippen molar-refractivity contribution in [2.45, 2.75) is 48.2 Å².